The van der Waals surface area contributed by atoms with Crippen molar-refractivity contribution in [3.8, 4) is 0 Å². The Bertz CT molecular complexity index is 1320. The topological polar surface area (TPSA) is 139 Å². The molecule has 3 rings (SSSR count). The average Bonchev–Trinajstić information content (AvgIpc) is 2.74. The number of H-pyrrole nitrogens is 1. The molecule has 0 aliphatic carbocycles. The summed E-state index contributed by atoms with van der Waals surface area (Å²) in [5.41, 5.74) is -0.358. The van der Waals surface area contributed by atoms with Crippen molar-refractivity contribution in [3.05, 3.63) is 64.6 Å². The van der Waals surface area contributed by atoms with Crippen LogP contribution < -0.4 is 10.9 Å². The maximum Gasteiger partial charge on any atom is 0.360 e. The van der Waals surface area contributed by atoms with E-state index in [0.717, 1.165) is 4.31 Å². The van der Waals surface area contributed by atoms with Crippen molar-refractivity contribution in [1.29, 1.82) is 0 Å². The fourth-order valence-corrected chi connectivity index (χ4v) is 3.68. The summed E-state index contributed by atoms with van der Waals surface area (Å²) in [6.07, 6.45) is -1.21. The van der Waals surface area contributed by atoms with E-state index in [1.165, 1.54) is 51.4 Å². The molecule has 0 bridgehead atoms. The smallest absolute Gasteiger partial charge is 0.360 e. The second-order valence-corrected chi connectivity index (χ2v) is 8.95. The molecule has 1 amide bonds. The number of carbonyl (C=O) groups excluding carboxylic acids is 2. The van der Waals surface area contributed by atoms with Crippen molar-refractivity contribution in [2.24, 2.45) is 0 Å². The molecular weight excluding hydrogens is 424 g/mol. The Labute approximate surface area is 177 Å². The Kier molecular flexibility index (Phi) is 6.18. The zero-order valence-corrected chi connectivity index (χ0v) is 17.8. The van der Waals surface area contributed by atoms with E-state index in [4.69, 9.17) is 4.74 Å². The predicted octanol–water partition coefficient (Wildman–Crippen LogP) is 1.36. The van der Waals surface area contributed by atoms with Crippen LogP contribution in [0.5, 0.6) is 0 Å². The van der Waals surface area contributed by atoms with Gasteiger partial charge in [-0.1, -0.05) is 24.3 Å². The number of amides is 1. The minimum Gasteiger partial charge on any atom is -0.448 e. The number of anilines is 1. The van der Waals surface area contributed by atoms with Gasteiger partial charge in [0.2, 0.25) is 10.0 Å². The zero-order chi connectivity index (χ0) is 22.8. The van der Waals surface area contributed by atoms with E-state index in [9.17, 15) is 22.8 Å². The number of nitrogens with one attached hydrogen (secondary N) is 2. The first-order chi connectivity index (χ1) is 14.6. The molecule has 0 aliphatic rings. The highest BCUT2D eigenvalue weighted by Crippen LogP contribution is 2.19. The van der Waals surface area contributed by atoms with Crippen LogP contribution in [0.3, 0.4) is 0 Å². The fraction of sp³-hybridized carbons (Fsp3) is 0.200. The summed E-state index contributed by atoms with van der Waals surface area (Å²) in [6, 6.07) is 12.1. The van der Waals surface area contributed by atoms with Crippen LogP contribution in [0, 0.1) is 0 Å². The molecule has 31 heavy (non-hydrogen) atoms. The third-order valence-corrected chi connectivity index (χ3v) is 6.23. The molecule has 1 atom stereocenters. The molecule has 10 nitrogen and oxygen atoms in total. The van der Waals surface area contributed by atoms with Gasteiger partial charge >= 0.3 is 5.97 Å². The normalized spacial score (nSPS) is 12.5. The van der Waals surface area contributed by atoms with Crippen molar-refractivity contribution in [2.45, 2.75) is 17.9 Å². The van der Waals surface area contributed by atoms with E-state index < -0.39 is 33.6 Å². The van der Waals surface area contributed by atoms with E-state index >= 15 is 0 Å². The molecule has 11 heteroatoms. The minimum absolute atomic E-state index is 0.00357. The summed E-state index contributed by atoms with van der Waals surface area (Å²) < 4.78 is 30.7. The van der Waals surface area contributed by atoms with E-state index in [-0.39, 0.29) is 21.7 Å². The zero-order valence-electron chi connectivity index (χ0n) is 16.9. The quantitative estimate of drug-likeness (QED) is 0.547. The third kappa shape index (κ3) is 4.62. The number of nitrogens with zero attached hydrogens (tertiary/aromatic N) is 2. The molecule has 0 saturated carbocycles. The average molecular weight is 444 g/mol. The molecule has 2 N–H and O–H groups in total. The summed E-state index contributed by atoms with van der Waals surface area (Å²) in [4.78, 5) is 36.8. The molecule has 2 aromatic carbocycles. The van der Waals surface area contributed by atoms with Crippen LogP contribution in [0.4, 0.5) is 5.69 Å². The molecule has 0 fully saturated rings. The highest BCUT2D eigenvalue weighted by atomic mass is 32.2. The van der Waals surface area contributed by atoms with E-state index in [2.05, 4.69) is 15.5 Å². The SMILES string of the molecule is CC(OC(=O)c1n[nH]c(=O)c2ccccc12)C(=O)Nc1cccc(S(=O)(=O)N(C)C)c1. The van der Waals surface area contributed by atoms with Crippen LogP contribution >= 0.6 is 0 Å². The maximum atomic E-state index is 12.5. The highest BCUT2D eigenvalue weighted by molar-refractivity contribution is 7.89. The van der Waals surface area contributed by atoms with Crippen molar-refractivity contribution in [1.82, 2.24) is 14.5 Å². The van der Waals surface area contributed by atoms with E-state index in [1.807, 2.05) is 0 Å². The van der Waals surface area contributed by atoms with Gasteiger partial charge in [-0.15, -0.1) is 0 Å². The monoisotopic (exact) mass is 444 g/mol. The molecule has 1 aromatic heterocycles. The third-order valence-electron chi connectivity index (χ3n) is 4.42. The minimum atomic E-state index is -3.68. The number of carbonyl (C=O) groups is 2. The Balaban J connectivity index is 1.76. The molecule has 0 aliphatic heterocycles. The van der Waals surface area contributed by atoms with Gasteiger partial charge in [-0.05, 0) is 31.2 Å². The van der Waals surface area contributed by atoms with Crippen LogP contribution in [0.2, 0.25) is 0 Å². The standard InChI is InChI=1S/C20H20N4O6S/c1-12(18(25)21-13-7-6-8-14(11-13)31(28,29)24(2)3)30-20(27)17-15-9-4-5-10-16(15)19(26)23-22-17/h4-12H,1-3H3,(H,21,25)(H,23,26). The lowest BCUT2D eigenvalue weighted by molar-refractivity contribution is -0.123. The van der Waals surface area contributed by atoms with Gasteiger partial charge in [-0.25, -0.2) is 22.6 Å². The van der Waals surface area contributed by atoms with E-state index in [0.29, 0.717) is 5.39 Å². The number of ether oxygens (including phenoxy) is 1. The first-order valence-electron chi connectivity index (χ1n) is 9.13. The molecule has 3 aromatic rings. The lowest BCUT2D eigenvalue weighted by Crippen LogP contribution is -2.31. The number of hydrogen-bond donors (Lipinski definition) is 2. The summed E-state index contributed by atoms with van der Waals surface area (Å²) >= 11 is 0. The number of aromatic amines is 1. The Morgan fingerprint density at radius 2 is 1.77 bits per heavy atom. The first kappa shape index (κ1) is 22.1. The predicted molar refractivity (Wildman–Crippen MR) is 113 cm³/mol. The summed E-state index contributed by atoms with van der Waals surface area (Å²) in [5.74, 6) is -1.56. The van der Waals surface area contributed by atoms with Gasteiger partial charge in [0, 0.05) is 25.2 Å². The first-order valence-corrected chi connectivity index (χ1v) is 10.6. The van der Waals surface area contributed by atoms with Crippen molar-refractivity contribution >= 4 is 38.4 Å². The number of rotatable bonds is 6. The molecular formula is C20H20N4O6S. The van der Waals surface area contributed by atoms with Crippen LogP contribution in [0.1, 0.15) is 17.4 Å². The van der Waals surface area contributed by atoms with Crippen LogP contribution in [0.25, 0.3) is 10.8 Å². The number of hydrogen-bond acceptors (Lipinski definition) is 7. The molecule has 1 heterocycles. The van der Waals surface area contributed by atoms with Gasteiger partial charge in [0.05, 0.1) is 10.3 Å². The molecule has 1 unspecified atom stereocenters. The maximum absolute atomic E-state index is 12.5. The molecule has 0 saturated heterocycles. The lowest BCUT2D eigenvalue weighted by Gasteiger charge is -2.15. The van der Waals surface area contributed by atoms with Gasteiger partial charge in [0.25, 0.3) is 11.5 Å². The lowest BCUT2D eigenvalue weighted by atomic mass is 10.1. The number of sulfonamides is 1. The van der Waals surface area contributed by atoms with Crippen LogP contribution in [-0.4, -0.2) is 55.0 Å². The van der Waals surface area contributed by atoms with Crippen molar-refractivity contribution in [2.75, 3.05) is 19.4 Å². The second-order valence-electron chi connectivity index (χ2n) is 6.80. The van der Waals surface area contributed by atoms with Crippen molar-refractivity contribution in [3.63, 3.8) is 0 Å². The molecule has 0 radical (unpaired) electrons. The van der Waals surface area contributed by atoms with Gasteiger partial charge in [0.1, 0.15) is 0 Å². The fourth-order valence-electron chi connectivity index (χ4n) is 2.73. The number of aromatic nitrogens is 2. The van der Waals surface area contributed by atoms with Gasteiger partial charge in [0.15, 0.2) is 11.8 Å². The molecule has 0 spiro atoms. The van der Waals surface area contributed by atoms with E-state index in [1.54, 1.807) is 18.2 Å². The summed E-state index contributed by atoms with van der Waals surface area (Å²) in [6.45, 7) is 1.36. The van der Waals surface area contributed by atoms with Gasteiger partial charge < -0.3 is 10.1 Å². The summed E-state index contributed by atoms with van der Waals surface area (Å²) in [7, 11) is -0.876. The Morgan fingerprint density at radius 1 is 1.10 bits per heavy atom. The van der Waals surface area contributed by atoms with Crippen molar-refractivity contribution < 1.29 is 22.7 Å². The number of esters is 1. The molecule has 162 valence electrons. The Hall–Kier alpha value is -3.57. The van der Waals surface area contributed by atoms with Crippen LogP contribution in [-0.2, 0) is 19.6 Å². The number of benzene rings is 2. The largest absolute Gasteiger partial charge is 0.448 e. The summed E-state index contributed by atoms with van der Waals surface area (Å²) in [5, 5.41) is 9.05. The highest BCUT2D eigenvalue weighted by Gasteiger charge is 2.23. The van der Waals surface area contributed by atoms with Gasteiger partial charge in [-0.2, -0.15) is 5.10 Å². The number of fused-ring (bicyclic) bond motifs is 1. The second kappa shape index (κ2) is 8.66. The van der Waals surface area contributed by atoms with Gasteiger partial charge in [-0.3, -0.25) is 9.59 Å². The Morgan fingerprint density at radius 3 is 2.45 bits per heavy atom. The van der Waals surface area contributed by atoms with Crippen LogP contribution in [0.15, 0.2) is 58.2 Å².